The Labute approximate surface area is 147 Å². The second-order valence-corrected chi connectivity index (χ2v) is 7.06. The molecule has 25 heavy (non-hydrogen) atoms. The molecule has 2 aliphatic rings. The van der Waals surface area contributed by atoms with Gasteiger partial charge in [-0.3, -0.25) is 9.69 Å². The van der Waals surface area contributed by atoms with Crippen molar-refractivity contribution in [2.75, 3.05) is 26.2 Å². The third-order valence-corrected chi connectivity index (χ3v) is 5.62. The predicted molar refractivity (Wildman–Crippen MR) is 94.2 cm³/mol. The van der Waals surface area contributed by atoms with Crippen molar-refractivity contribution in [3.05, 3.63) is 60.1 Å². The highest BCUT2D eigenvalue weighted by atomic mass is 16.3. The Morgan fingerprint density at radius 1 is 1.12 bits per heavy atom. The van der Waals surface area contributed by atoms with Gasteiger partial charge in [0.05, 0.1) is 17.9 Å². The van der Waals surface area contributed by atoms with Crippen LogP contribution in [0.25, 0.3) is 0 Å². The average Bonchev–Trinajstić information content (AvgIpc) is 3.36. The summed E-state index contributed by atoms with van der Waals surface area (Å²) in [6.45, 7) is 3.04. The van der Waals surface area contributed by atoms with Gasteiger partial charge in [0.25, 0.3) is 5.91 Å². The number of benzene rings is 1. The van der Waals surface area contributed by atoms with Gasteiger partial charge in [0.1, 0.15) is 11.9 Å². The van der Waals surface area contributed by atoms with E-state index in [1.807, 2.05) is 35.2 Å². The van der Waals surface area contributed by atoms with E-state index in [-0.39, 0.29) is 11.9 Å². The Hall–Kier alpha value is -2.11. The van der Waals surface area contributed by atoms with Crippen LogP contribution < -0.4 is 0 Å². The van der Waals surface area contributed by atoms with Crippen LogP contribution in [0.1, 0.15) is 35.2 Å². The molecule has 5 heteroatoms. The van der Waals surface area contributed by atoms with E-state index in [4.69, 9.17) is 4.42 Å². The first-order chi connectivity index (χ1) is 12.2. The highest BCUT2D eigenvalue weighted by Crippen LogP contribution is 2.37. The molecule has 2 atom stereocenters. The fourth-order valence-electron chi connectivity index (χ4n) is 4.21. The van der Waals surface area contributed by atoms with Gasteiger partial charge in [-0.05, 0) is 44.0 Å². The highest BCUT2D eigenvalue weighted by molar-refractivity contribution is 5.93. The molecule has 0 saturated carbocycles. The molecule has 2 saturated heterocycles. The van der Waals surface area contributed by atoms with E-state index in [2.05, 4.69) is 4.90 Å². The van der Waals surface area contributed by atoms with Crippen molar-refractivity contribution in [2.45, 2.75) is 30.9 Å². The number of furan rings is 1. The van der Waals surface area contributed by atoms with Gasteiger partial charge >= 0.3 is 0 Å². The molecular weight excluding hydrogens is 316 g/mol. The fraction of sp³-hybridized carbons (Fsp3) is 0.450. The largest absolute Gasteiger partial charge is 0.472 e. The van der Waals surface area contributed by atoms with Crippen LogP contribution in [-0.2, 0) is 5.60 Å². The third kappa shape index (κ3) is 2.98. The van der Waals surface area contributed by atoms with E-state index >= 15 is 0 Å². The van der Waals surface area contributed by atoms with E-state index in [0.717, 1.165) is 31.5 Å². The molecule has 0 bridgehead atoms. The molecule has 132 valence electrons. The first-order valence-electron chi connectivity index (χ1n) is 9.02. The zero-order valence-corrected chi connectivity index (χ0v) is 14.3. The number of rotatable bonds is 3. The van der Waals surface area contributed by atoms with Crippen molar-refractivity contribution < 1.29 is 14.3 Å². The molecule has 4 rings (SSSR count). The summed E-state index contributed by atoms with van der Waals surface area (Å²) < 4.78 is 5.06. The lowest BCUT2D eigenvalue weighted by atomic mass is 9.79. The van der Waals surface area contributed by atoms with Crippen LogP contribution in [0, 0.1) is 0 Å². The second kappa shape index (κ2) is 6.65. The number of carbonyl (C=O) groups excluding carboxylic acids is 1. The smallest absolute Gasteiger partial charge is 0.257 e. The Morgan fingerprint density at radius 2 is 1.88 bits per heavy atom. The van der Waals surface area contributed by atoms with Crippen LogP contribution in [0.4, 0.5) is 0 Å². The van der Waals surface area contributed by atoms with Crippen LogP contribution >= 0.6 is 0 Å². The summed E-state index contributed by atoms with van der Waals surface area (Å²) in [5.74, 6) is -0.0203. The number of likely N-dealkylation sites (tertiary alicyclic amines) is 2. The zero-order chi connectivity index (χ0) is 17.3. The topological polar surface area (TPSA) is 56.9 Å². The summed E-state index contributed by atoms with van der Waals surface area (Å²) in [6.07, 6.45) is 5.86. The minimum atomic E-state index is -0.918. The maximum Gasteiger partial charge on any atom is 0.257 e. The van der Waals surface area contributed by atoms with E-state index in [9.17, 15) is 9.90 Å². The van der Waals surface area contributed by atoms with Crippen molar-refractivity contribution in [1.29, 1.82) is 0 Å². The van der Waals surface area contributed by atoms with E-state index < -0.39 is 5.60 Å². The molecule has 1 N–H and O–H groups in total. The maximum atomic E-state index is 12.7. The van der Waals surface area contributed by atoms with Crippen LogP contribution in [0.2, 0.25) is 0 Å². The SMILES string of the molecule is O=C(c1ccoc1)N1CC[C@@](O)(c2ccccc2)[C@H](N2CCCC2)C1. The number of piperidine rings is 1. The summed E-state index contributed by atoms with van der Waals surface area (Å²) >= 11 is 0. The Morgan fingerprint density at radius 3 is 2.56 bits per heavy atom. The van der Waals surface area contributed by atoms with E-state index in [1.54, 1.807) is 6.07 Å². The number of nitrogens with zero attached hydrogens (tertiary/aromatic N) is 2. The molecule has 0 radical (unpaired) electrons. The predicted octanol–water partition coefficient (Wildman–Crippen LogP) is 2.48. The summed E-state index contributed by atoms with van der Waals surface area (Å²) in [4.78, 5) is 16.9. The Kier molecular flexibility index (Phi) is 4.36. The van der Waals surface area contributed by atoms with Crippen molar-refractivity contribution in [2.24, 2.45) is 0 Å². The molecule has 5 nitrogen and oxygen atoms in total. The molecule has 0 aliphatic carbocycles. The standard InChI is InChI=1S/C20H24N2O3/c23-19(16-8-13-25-15-16)22-12-9-20(24,17-6-2-1-3-7-17)18(14-22)21-10-4-5-11-21/h1-3,6-8,13,15,18,24H,4-5,9-12,14H2/t18-,20-/m1/s1. The number of amides is 1. The second-order valence-electron chi connectivity index (χ2n) is 7.06. The van der Waals surface area contributed by atoms with Gasteiger partial charge in [0, 0.05) is 13.1 Å². The molecule has 2 fully saturated rings. The molecule has 1 aromatic heterocycles. The monoisotopic (exact) mass is 340 g/mol. The minimum absolute atomic E-state index is 0.0203. The average molecular weight is 340 g/mol. The summed E-state index contributed by atoms with van der Waals surface area (Å²) in [6, 6.07) is 11.5. The molecule has 1 amide bonds. The molecule has 2 aliphatic heterocycles. The highest BCUT2D eigenvalue weighted by Gasteiger charge is 2.47. The summed E-state index contributed by atoms with van der Waals surface area (Å²) in [5, 5.41) is 11.6. The Balaban J connectivity index is 1.62. The van der Waals surface area contributed by atoms with Gasteiger partial charge in [0.15, 0.2) is 0 Å². The fourth-order valence-corrected chi connectivity index (χ4v) is 4.21. The first kappa shape index (κ1) is 16.4. The molecule has 0 unspecified atom stereocenters. The zero-order valence-electron chi connectivity index (χ0n) is 14.3. The Bertz CT molecular complexity index is 710. The lowest BCUT2D eigenvalue weighted by Crippen LogP contribution is -2.61. The van der Waals surface area contributed by atoms with Gasteiger partial charge in [-0.25, -0.2) is 0 Å². The number of aliphatic hydroxyl groups is 1. The molecule has 1 aromatic carbocycles. The molecule has 3 heterocycles. The summed E-state index contributed by atoms with van der Waals surface area (Å²) in [7, 11) is 0. The van der Waals surface area contributed by atoms with E-state index in [1.165, 1.54) is 12.5 Å². The maximum absolute atomic E-state index is 12.7. The molecular formula is C20H24N2O3. The van der Waals surface area contributed by atoms with Crippen molar-refractivity contribution in [3.63, 3.8) is 0 Å². The quantitative estimate of drug-likeness (QED) is 0.933. The number of carbonyl (C=O) groups is 1. The van der Waals surface area contributed by atoms with Crippen molar-refractivity contribution in [3.8, 4) is 0 Å². The summed E-state index contributed by atoms with van der Waals surface area (Å²) in [5.41, 5.74) is 0.603. The normalized spacial score (nSPS) is 27.6. The minimum Gasteiger partial charge on any atom is -0.472 e. The van der Waals surface area contributed by atoms with Crippen molar-refractivity contribution >= 4 is 5.91 Å². The van der Waals surface area contributed by atoms with Gasteiger partial charge < -0.3 is 14.4 Å². The van der Waals surface area contributed by atoms with Crippen LogP contribution in [-0.4, -0.2) is 53.0 Å². The first-order valence-corrected chi connectivity index (χ1v) is 9.02. The van der Waals surface area contributed by atoms with Gasteiger partial charge in [-0.15, -0.1) is 0 Å². The van der Waals surface area contributed by atoms with Gasteiger partial charge in [-0.2, -0.15) is 0 Å². The van der Waals surface area contributed by atoms with Crippen LogP contribution in [0.5, 0.6) is 0 Å². The van der Waals surface area contributed by atoms with Crippen LogP contribution in [0.15, 0.2) is 53.3 Å². The molecule has 0 spiro atoms. The molecule has 2 aromatic rings. The van der Waals surface area contributed by atoms with Gasteiger partial charge in [-0.1, -0.05) is 30.3 Å². The number of hydrogen-bond acceptors (Lipinski definition) is 4. The van der Waals surface area contributed by atoms with E-state index in [0.29, 0.717) is 25.1 Å². The van der Waals surface area contributed by atoms with Crippen LogP contribution in [0.3, 0.4) is 0 Å². The van der Waals surface area contributed by atoms with Crippen molar-refractivity contribution in [1.82, 2.24) is 9.80 Å². The number of hydrogen-bond donors (Lipinski definition) is 1. The third-order valence-electron chi connectivity index (χ3n) is 5.62. The lowest BCUT2D eigenvalue weighted by molar-refractivity contribution is -0.0878. The van der Waals surface area contributed by atoms with Gasteiger partial charge in [0.2, 0.25) is 0 Å². The lowest BCUT2D eigenvalue weighted by Gasteiger charge is -2.48.